The van der Waals surface area contributed by atoms with Crippen molar-refractivity contribution in [3.8, 4) is 0 Å². The van der Waals surface area contributed by atoms with Crippen molar-refractivity contribution >= 4 is 17.9 Å². The Hall–Kier alpha value is -2.63. The fourth-order valence-corrected chi connectivity index (χ4v) is 8.75. The van der Waals surface area contributed by atoms with Gasteiger partial charge in [-0.25, -0.2) is 0 Å². The molecule has 0 aliphatic carbocycles. The first-order valence-electron chi connectivity index (χ1n) is 30.1. The molecule has 1 unspecified atom stereocenters. The Bertz CT molecular complexity index is 1200. The maximum absolute atomic E-state index is 12.9. The lowest BCUT2D eigenvalue weighted by Gasteiger charge is -2.18. The Labute approximate surface area is 428 Å². The van der Waals surface area contributed by atoms with Crippen molar-refractivity contribution in [2.24, 2.45) is 0 Å². The van der Waals surface area contributed by atoms with E-state index in [4.69, 9.17) is 14.2 Å². The number of carbonyl (C=O) groups is 3. The van der Waals surface area contributed by atoms with Crippen LogP contribution in [-0.4, -0.2) is 37.2 Å². The number of carbonyl (C=O) groups excluding carboxylic acids is 3. The average Bonchev–Trinajstić information content (AvgIpc) is 3.35. The fraction of sp³-hybridized carbons (Fsp3) is 0.825. The van der Waals surface area contributed by atoms with E-state index in [0.717, 1.165) is 109 Å². The first-order chi connectivity index (χ1) is 34.0. The highest BCUT2D eigenvalue weighted by atomic mass is 16.6. The molecule has 0 aromatic carbocycles. The summed E-state index contributed by atoms with van der Waals surface area (Å²) in [6, 6.07) is 0. The Morgan fingerprint density at radius 1 is 0.290 bits per heavy atom. The van der Waals surface area contributed by atoms with Gasteiger partial charge in [0.2, 0.25) is 0 Å². The molecule has 0 heterocycles. The minimum atomic E-state index is -0.784. The second-order valence-corrected chi connectivity index (χ2v) is 20.3. The van der Waals surface area contributed by atoms with Crippen molar-refractivity contribution in [2.75, 3.05) is 13.2 Å². The van der Waals surface area contributed by atoms with Crippen LogP contribution in [0.4, 0.5) is 0 Å². The van der Waals surface area contributed by atoms with E-state index in [-0.39, 0.29) is 31.1 Å². The van der Waals surface area contributed by atoms with Crippen LogP contribution >= 0.6 is 0 Å². The summed E-state index contributed by atoms with van der Waals surface area (Å²) in [4.78, 5) is 38.2. The van der Waals surface area contributed by atoms with Crippen molar-refractivity contribution in [3.63, 3.8) is 0 Å². The van der Waals surface area contributed by atoms with Gasteiger partial charge in [-0.15, -0.1) is 0 Å². The van der Waals surface area contributed by atoms with Crippen molar-refractivity contribution in [1.82, 2.24) is 0 Å². The summed E-state index contributed by atoms with van der Waals surface area (Å²) in [6.07, 6.45) is 71.1. The van der Waals surface area contributed by atoms with E-state index in [1.165, 1.54) is 167 Å². The highest BCUT2D eigenvalue weighted by Crippen LogP contribution is 2.17. The number of ether oxygens (including phenoxy) is 3. The molecule has 69 heavy (non-hydrogen) atoms. The molecule has 1 atom stereocenters. The monoisotopic (exact) mass is 967 g/mol. The predicted octanol–water partition coefficient (Wildman–Crippen LogP) is 20.2. The van der Waals surface area contributed by atoms with Gasteiger partial charge >= 0.3 is 17.9 Å². The van der Waals surface area contributed by atoms with Crippen LogP contribution in [0.3, 0.4) is 0 Å². The van der Waals surface area contributed by atoms with Gasteiger partial charge in [-0.2, -0.15) is 0 Å². The van der Waals surface area contributed by atoms with Crippen LogP contribution in [0.15, 0.2) is 48.6 Å². The van der Waals surface area contributed by atoms with Crippen molar-refractivity contribution < 1.29 is 28.6 Å². The number of rotatable bonds is 55. The molecule has 402 valence electrons. The van der Waals surface area contributed by atoms with Gasteiger partial charge in [0.15, 0.2) is 6.10 Å². The molecule has 0 amide bonds. The van der Waals surface area contributed by atoms with Crippen molar-refractivity contribution in [1.29, 1.82) is 0 Å². The molecule has 0 aliphatic heterocycles. The number of esters is 3. The summed E-state index contributed by atoms with van der Waals surface area (Å²) in [5, 5.41) is 0. The van der Waals surface area contributed by atoms with E-state index in [1.807, 2.05) is 0 Å². The zero-order valence-corrected chi connectivity index (χ0v) is 46.1. The highest BCUT2D eigenvalue weighted by molar-refractivity contribution is 5.71. The van der Waals surface area contributed by atoms with Gasteiger partial charge in [-0.3, -0.25) is 14.4 Å². The molecule has 0 aromatic rings. The summed E-state index contributed by atoms with van der Waals surface area (Å²) in [5.41, 5.74) is 0. The maximum atomic E-state index is 12.9. The molecular formula is C63H114O6. The van der Waals surface area contributed by atoms with Crippen LogP contribution in [0.2, 0.25) is 0 Å². The first kappa shape index (κ1) is 66.4. The van der Waals surface area contributed by atoms with E-state index >= 15 is 0 Å². The molecule has 0 saturated heterocycles. The van der Waals surface area contributed by atoms with E-state index < -0.39 is 6.10 Å². The van der Waals surface area contributed by atoms with Gasteiger partial charge in [0.05, 0.1) is 0 Å². The SMILES string of the molecule is CCC/C=C\C/C=C\CCCCCCCC(=O)OCC(COC(=O)CCCCCCCCCCCCCCCCCCCCCCCC)OC(=O)CCCCCCC/C=C\C/C=C\CCCCCC. The second-order valence-electron chi connectivity index (χ2n) is 20.3. The second kappa shape index (κ2) is 57.9. The van der Waals surface area contributed by atoms with Crippen LogP contribution in [-0.2, 0) is 28.6 Å². The topological polar surface area (TPSA) is 78.9 Å². The van der Waals surface area contributed by atoms with E-state index in [2.05, 4.69) is 69.4 Å². The Morgan fingerprint density at radius 3 is 0.870 bits per heavy atom. The van der Waals surface area contributed by atoms with Gasteiger partial charge in [0.1, 0.15) is 13.2 Å². The molecule has 0 saturated carbocycles. The van der Waals surface area contributed by atoms with E-state index in [0.29, 0.717) is 19.3 Å². The largest absolute Gasteiger partial charge is 0.462 e. The Morgan fingerprint density at radius 2 is 0.551 bits per heavy atom. The quantitative estimate of drug-likeness (QED) is 0.0262. The van der Waals surface area contributed by atoms with Crippen LogP contribution in [0, 0.1) is 0 Å². The molecule has 0 rings (SSSR count). The maximum Gasteiger partial charge on any atom is 0.306 e. The Balaban J connectivity index is 4.30. The average molecular weight is 968 g/mol. The third-order valence-electron chi connectivity index (χ3n) is 13.3. The van der Waals surface area contributed by atoms with Gasteiger partial charge in [0, 0.05) is 19.3 Å². The molecule has 0 radical (unpaired) electrons. The predicted molar refractivity (Wildman–Crippen MR) is 298 cm³/mol. The van der Waals surface area contributed by atoms with Gasteiger partial charge < -0.3 is 14.2 Å². The smallest absolute Gasteiger partial charge is 0.306 e. The van der Waals surface area contributed by atoms with Crippen LogP contribution < -0.4 is 0 Å². The molecular weight excluding hydrogens is 853 g/mol. The molecule has 0 bridgehead atoms. The third kappa shape index (κ3) is 56.2. The summed E-state index contributed by atoms with van der Waals surface area (Å²) in [5.74, 6) is -0.893. The van der Waals surface area contributed by atoms with E-state index in [9.17, 15) is 14.4 Å². The number of hydrogen-bond donors (Lipinski definition) is 0. The van der Waals surface area contributed by atoms with Crippen LogP contribution in [0.5, 0.6) is 0 Å². The first-order valence-corrected chi connectivity index (χ1v) is 30.1. The zero-order valence-electron chi connectivity index (χ0n) is 46.1. The summed E-state index contributed by atoms with van der Waals surface area (Å²) >= 11 is 0. The van der Waals surface area contributed by atoms with Gasteiger partial charge in [0.25, 0.3) is 0 Å². The molecule has 0 aliphatic rings. The molecule has 6 nitrogen and oxygen atoms in total. The van der Waals surface area contributed by atoms with Crippen molar-refractivity contribution in [3.05, 3.63) is 48.6 Å². The normalized spacial score (nSPS) is 12.3. The molecule has 0 spiro atoms. The fourth-order valence-electron chi connectivity index (χ4n) is 8.75. The minimum Gasteiger partial charge on any atom is -0.462 e. The molecule has 6 heteroatoms. The highest BCUT2D eigenvalue weighted by Gasteiger charge is 2.19. The molecule has 0 fully saturated rings. The Kier molecular flexibility index (Phi) is 55.7. The van der Waals surface area contributed by atoms with Crippen LogP contribution in [0.25, 0.3) is 0 Å². The van der Waals surface area contributed by atoms with Gasteiger partial charge in [-0.1, -0.05) is 268 Å². The number of hydrogen-bond acceptors (Lipinski definition) is 6. The zero-order chi connectivity index (χ0) is 50.0. The van der Waals surface area contributed by atoms with Crippen LogP contribution in [0.1, 0.15) is 316 Å². The lowest BCUT2D eigenvalue weighted by molar-refractivity contribution is -0.167. The standard InChI is InChI=1S/C63H114O6/c1-4-7-10-13-16-19-22-25-27-29-30-31-32-33-34-36-38-41-44-47-50-53-56-62(65)68-59-60(58-67-61(64)55-52-49-46-43-40-37-24-21-18-15-12-9-6-3)69-63(66)57-54-51-48-45-42-39-35-28-26-23-20-17-14-11-8-5-2/h12,15,20-21,23-24,28,35,60H,4-11,13-14,16-19,22,25-27,29-34,36-59H2,1-3H3/b15-12-,23-20-,24-21-,35-28-. The lowest BCUT2D eigenvalue weighted by atomic mass is 10.0. The lowest BCUT2D eigenvalue weighted by Crippen LogP contribution is -2.30. The number of unbranched alkanes of at least 4 members (excludes halogenated alkanes) is 36. The summed E-state index contributed by atoms with van der Waals surface area (Å²) in [7, 11) is 0. The minimum absolute atomic E-state index is 0.0805. The van der Waals surface area contributed by atoms with Gasteiger partial charge in [-0.05, 0) is 77.0 Å². The number of allylic oxidation sites excluding steroid dienone is 8. The third-order valence-corrected chi connectivity index (χ3v) is 13.3. The molecule has 0 aromatic heterocycles. The van der Waals surface area contributed by atoms with Crippen molar-refractivity contribution in [2.45, 2.75) is 322 Å². The summed E-state index contributed by atoms with van der Waals surface area (Å²) < 4.78 is 16.9. The molecule has 0 N–H and O–H groups in total. The summed E-state index contributed by atoms with van der Waals surface area (Å²) in [6.45, 7) is 6.58. The van der Waals surface area contributed by atoms with E-state index in [1.54, 1.807) is 0 Å².